The van der Waals surface area contributed by atoms with E-state index in [2.05, 4.69) is 0 Å². The topological polar surface area (TPSA) is 171 Å². The van der Waals surface area contributed by atoms with Gasteiger partial charge >= 0.3 is 5.97 Å². The maximum Gasteiger partial charge on any atom is 0.335 e. The molecule has 0 saturated carbocycles. The number of aliphatic hydroxyl groups excluding tert-OH is 3. The van der Waals surface area contributed by atoms with Gasteiger partial charge in [-0.15, -0.1) is 0 Å². The normalized spacial score (nSPS) is 25.7. The van der Waals surface area contributed by atoms with E-state index in [4.69, 9.17) is 31.9 Å². The molecule has 1 aliphatic heterocycles. The zero-order valence-electron chi connectivity index (χ0n) is 31.1. The lowest BCUT2D eigenvalue weighted by Gasteiger charge is -2.44. The van der Waals surface area contributed by atoms with Gasteiger partial charge in [0.2, 0.25) is 0 Å². The van der Waals surface area contributed by atoms with Crippen LogP contribution in [0.1, 0.15) is 45.9 Å². The number of carbonyl (C=O) groups is 1. The summed E-state index contributed by atoms with van der Waals surface area (Å²) >= 11 is 0. The van der Waals surface area contributed by atoms with Gasteiger partial charge in [0.1, 0.15) is 24.5 Å². The summed E-state index contributed by atoms with van der Waals surface area (Å²) in [5.74, 6) is -2.42. The largest absolute Gasteiger partial charge is 0.493 e. The maximum atomic E-state index is 11.9. The van der Waals surface area contributed by atoms with Crippen LogP contribution in [0.15, 0.2) is 36.4 Å². The third-order valence-corrected chi connectivity index (χ3v) is 7.93. The molecular formula is C32H44N2O10. The van der Waals surface area contributed by atoms with Crippen LogP contribution < -0.4 is 18.9 Å². The van der Waals surface area contributed by atoms with Gasteiger partial charge in [-0.3, -0.25) is 4.90 Å². The van der Waals surface area contributed by atoms with Crippen molar-refractivity contribution in [2.75, 3.05) is 41.5 Å². The van der Waals surface area contributed by atoms with E-state index in [1.165, 1.54) is 51.5 Å². The Morgan fingerprint density at radius 3 is 2.14 bits per heavy atom. The Bertz CT molecular complexity index is 1490. The molecule has 0 radical (unpaired) electrons. The first-order chi connectivity index (χ1) is 23.4. The summed E-state index contributed by atoms with van der Waals surface area (Å²) in [5.41, 5.74) is -1.35. The molecular weight excluding hydrogens is 572 g/mol. The van der Waals surface area contributed by atoms with E-state index in [1.807, 2.05) is 6.07 Å². The fourth-order valence-corrected chi connectivity index (χ4v) is 5.36. The van der Waals surface area contributed by atoms with Crippen molar-refractivity contribution < 1.29 is 57.1 Å². The Balaban J connectivity index is 2.07. The molecule has 0 amide bonds. The second kappa shape index (κ2) is 15.4. The Hall–Kier alpha value is -3.60. The van der Waals surface area contributed by atoms with E-state index in [9.17, 15) is 30.5 Å². The first-order valence-corrected chi connectivity index (χ1v) is 13.9. The van der Waals surface area contributed by atoms with Crippen molar-refractivity contribution in [3.63, 3.8) is 0 Å². The van der Waals surface area contributed by atoms with Crippen molar-refractivity contribution in [2.24, 2.45) is 5.92 Å². The molecule has 12 nitrogen and oxygen atoms in total. The molecule has 4 N–H and O–H groups in total. The predicted molar refractivity (Wildman–Crippen MR) is 160 cm³/mol. The quantitative estimate of drug-likeness (QED) is 0.229. The number of benzene rings is 2. The minimum Gasteiger partial charge on any atom is -0.493 e. The Labute approximate surface area is 266 Å². The van der Waals surface area contributed by atoms with Gasteiger partial charge in [0, 0.05) is 21.3 Å². The lowest BCUT2D eigenvalue weighted by Crippen LogP contribution is -2.64. The number of rotatable bonds is 15. The van der Waals surface area contributed by atoms with Crippen LogP contribution >= 0.6 is 0 Å². The first-order valence-electron chi connectivity index (χ1n) is 16.9. The third kappa shape index (κ3) is 7.36. The van der Waals surface area contributed by atoms with Gasteiger partial charge in [0.05, 0.1) is 39.9 Å². The summed E-state index contributed by atoms with van der Waals surface area (Å²) < 4.78 is 76.4. The Morgan fingerprint density at radius 1 is 0.955 bits per heavy atom. The van der Waals surface area contributed by atoms with Crippen LogP contribution in [0.4, 0.5) is 0 Å². The highest BCUT2D eigenvalue weighted by Gasteiger charge is 2.48. The van der Waals surface area contributed by atoms with Crippen LogP contribution in [0, 0.1) is 17.2 Å². The first kappa shape index (κ1) is 26.8. The highest BCUT2D eigenvalue weighted by atomic mass is 16.6. The van der Waals surface area contributed by atoms with Crippen LogP contribution in [0.5, 0.6) is 23.0 Å². The number of aliphatic carboxylic acids is 1. The second-order valence-electron chi connectivity index (χ2n) is 10.4. The summed E-state index contributed by atoms with van der Waals surface area (Å²) in [7, 11) is 5.66. The number of hydrogen-bond donors (Lipinski definition) is 4. The number of nitrogens with zero attached hydrogens (tertiary/aromatic N) is 2. The molecule has 1 heterocycles. The molecule has 44 heavy (non-hydrogen) atoms. The third-order valence-electron chi connectivity index (χ3n) is 7.93. The van der Waals surface area contributed by atoms with Crippen LogP contribution in [-0.4, -0.2) is 103 Å². The summed E-state index contributed by atoms with van der Waals surface area (Å²) in [6.07, 6.45) is -9.15. The molecule has 6 unspecified atom stereocenters. The van der Waals surface area contributed by atoms with E-state index in [0.717, 1.165) is 5.56 Å². The zero-order valence-corrected chi connectivity index (χ0v) is 25.1. The fraction of sp³-hybridized carbons (Fsp3) is 0.562. The summed E-state index contributed by atoms with van der Waals surface area (Å²) in [6.45, 7) is -6.29. The number of ether oxygens (including phenoxy) is 5. The van der Waals surface area contributed by atoms with Crippen LogP contribution in [0.2, 0.25) is 0 Å². The van der Waals surface area contributed by atoms with E-state index < -0.39 is 61.6 Å². The van der Waals surface area contributed by atoms with Gasteiger partial charge in [-0.25, -0.2) is 4.79 Å². The van der Waals surface area contributed by atoms with Crippen molar-refractivity contribution >= 4 is 5.97 Å². The molecule has 2 aromatic carbocycles. The van der Waals surface area contributed by atoms with Crippen LogP contribution in [0.25, 0.3) is 0 Å². The predicted octanol–water partition coefficient (Wildman–Crippen LogP) is 2.36. The van der Waals surface area contributed by atoms with Crippen molar-refractivity contribution in [3.05, 3.63) is 47.5 Å². The number of carboxylic acids is 1. The summed E-state index contributed by atoms with van der Waals surface area (Å²) in [6, 6.07) is 11.4. The van der Waals surface area contributed by atoms with Gasteiger partial charge in [-0.05, 0) is 60.6 Å². The average Bonchev–Trinajstić information content (AvgIpc) is 3.06. The SMILES string of the molecule is [2H]C([2H])([2H])C(C([2H])([2H])[2H])C(C#N)(CCCN(CCc1ccc(OC)c(OC)c1)C1OC(C(=O)O)C(O)C(O)C1O)c1ccc(OC)c(OC)c1. The zero-order chi connectivity index (χ0) is 37.6. The molecule has 1 aliphatic rings. The highest BCUT2D eigenvalue weighted by Crippen LogP contribution is 2.41. The van der Waals surface area contributed by atoms with Gasteiger partial charge in [-0.2, -0.15) is 5.26 Å². The van der Waals surface area contributed by atoms with Gasteiger partial charge in [0.15, 0.2) is 29.1 Å². The van der Waals surface area contributed by atoms with Crippen LogP contribution in [0.3, 0.4) is 0 Å². The molecule has 0 aromatic heterocycles. The molecule has 3 rings (SSSR count). The minimum atomic E-state index is -3.13. The molecule has 12 heteroatoms. The molecule has 1 saturated heterocycles. The number of aliphatic hydroxyl groups is 3. The van der Waals surface area contributed by atoms with Crippen molar-refractivity contribution in [1.82, 2.24) is 4.90 Å². The van der Waals surface area contributed by atoms with Crippen molar-refractivity contribution in [2.45, 2.75) is 69.0 Å². The number of hydrogen-bond acceptors (Lipinski definition) is 11. The number of carboxylic acid groups (broad SMARTS) is 1. The lowest BCUT2D eigenvalue weighted by molar-refractivity contribution is -0.259. The molecule has 2 aromatic rings. The molecule has 6 atom stereocenters. The second-order valence-corrected chi connectivity index (χ2v) is 10.4. The van der Waals surface area contributed by atoms with Crippen molar-refractivity contribution in [1.29, 1.82) is 5.26 Å². The highest BCUT2D eigenvalue weighted by molar-refractivity contribution is 5.73. The van der Waals surface area contributed by atoms with Crippen molar-refractivity contribution in [3.8, 4) is 29.1 Å². The molecule has 0 bridgehead atoms. The Kier molecular flexibility index (Phi) is 9.38. The molecule has 0 spiro atoms. The monoisotopic (exact) mass is 622 g/mol. The van der Waals surface area contributed by atoms with E-state index in [0.29, 0.717) is 11.5 Å². The molecule has 0 aliphatic carbocycles. The van der Waals surface area contributed by atoms with Crippen LogP contribution in [-0.2, 0) is 21.4 Å². The number of methoxy groups -OCH3 is 4. The summed E-state index contributed by atoms with van der Waals surface area (Å²) in [5, 5.41) is 52.3. The van der Waals surface area contributed by atoms with E-state index in [-0.39, 0.29) is 49.4 Å². The molecule has 1 fully saturated rings. The lowest BCUT2D eigenvalue weighted by atomic mass is 9.69. The van der Waals surface area contributed by atoms with Gasteiger partial charge in [0.25, 0.3) is 0 Å². The summed E-state index contributed by atoms with van der Waals surface area (Å²) in [4.78, 5) is 13.4. The van der Waals surface area contributed by atoms with Gasteiger partial charge < -0.3 is 44.1 Å². The minimum absolute atomic E-state index is 0.0598. The smallest absolute Gasteiger partial charge is 0.335 e. The van der Waals surface area contributed by atoms with E-state index >= 15 is 0 Å². The average molecular weight is 623 g/mol. The molecule has 242 valence electrons. The standard InChI is InChI=1S/C32H44N2O10/c1-19(2)32(18-33,21-9-11-23(41-4)25(17-21)43-6)13-7-14-34(15-12-20-8-10-22(40-3)24(16-20)42-5)30-28(37)26(35)27(36)29(44-30)31(38)39/h8-11,16-17,19,26-30,35-37H,7,12-15H2,1-6H3,(H,38,39)/i1D3,2D3. The number of nitriles is 1. The maximum absolute atomic E-state index is 11.9. The van der Waals surface area contributed by atoms with E-state index in [1.54, 1.807) is 18.2 Å². The Morgan fingerprint density at radius 2 is 1.57 bits per heavy atom. The van der Waals surface area contributed by atoms with Gasteiger partial charge in [-0.1, -0.05) is 25.8 Å². The fourth-order valence-electron chi connectivity index (χ4n) is 5.36.